The smallest absolute Gasteiger partial charge is 0.131 e. The Kier molecular flexibility index (Phi) is 4.99. The Morgan fingerprint density at radius 1 is 1.35 bits per heavy atom. The van der Waals surface area contributed by atoms with Crippen LogP contribution < -0.4 is 5.32 Å². The van der Waals surface area contributed by atoms with Gasteiger partial charge in [-0.05, 0) is 19.1 Å². The fraction of sp³-hybridized carbons (Fsp3) is 0.500. The number of aliphatic hydroxyl groups excluding tert-OH is 1. The lowest BCUT2D eigenvalue weighted by Crippen LogP contribution is -2.45. The van der Waals surface area contributed by atoms with E-state index in [0.29, 0.717) is 13.2 Å². The van der Waals surface area contributed by atoms with Crippen LogP contribution in [0, 0.1) is 11.6 Å². The van der Waals surface area contributed by atoms with Gasteiger partial charge in [0.15, 0.2) is 0 Å². The van der Waals surface area contributed by atoms with Gasteiger partial charge in [0.2, 0.25) is 0 Å². The molecule has 2 N–H and O–H groups in total. The Morgan fingerprint density at radius 3 is 2.41 bits per heavy atom. The van der Waals surface area contributed by atoms with Crippen molar-refractivity contribution in [3.05, 3.63) is 35.4 Å². The number of rotatable bonds is 6. The molecule has 1 atom stereocenters. The van der Waals surface area contributed by atoms with E-state index in [2.05, 4.69) is 5.32 Å². The summed E-state index contributed by atoms with van der Waals surface area (Å²) in [5.41, 5.74) is -1.31. The highest BCUT2D eigenvalue weighted by Gasteiger charge is 2.31. The number of nitrogens with one attached hydrogen (secondary N) is 1. The van der Waals surface area contributed by atoms with E-state index in [0.717, 1.165) is 0 Å². The Hall–Kier alpha value is -1.04. The number of hydrogen-bond acceptors (Lipinski definition) is 3. The van der Waals surface area contributed by atoms with Gasteiger partial charge in [0.05, 0.1) is 18.8 Å². The van der Waals surface area contributed by atoms with E-state index in [1.807, 2.05) is 0 Å². The summed E-state index contributed by atoms with van der Waals surface area (Å²) in [4.78, 5) is 0. The molecule has 17 heavy (non-hydrogen) atoms. The molecule has 0 aromatic heterocycles. The molecule has 0 fully saturated rings. The lowest BCUT2D eigenvalue weighted by atomic mass is 9.91. The summed E-state index contributed by atoms with van der Waals surface area (Å²) in [6.07, 6.45) is 0. The Morgan fingerprint density at radius 2 is 1.94 bits per heavy atom. The molecular weight excluding hydrogens is 228 g/mol. The Bertz CT molecular complexity index is 353. The third-order valence-corrected chi connectivity index (χ3v) is 2.65. The fourth-order valence-electron chi connectivity index (χ4n) is 1.68. The van der Waals surface area contributed by atoms with Crippen LogP contribution in [0.25, 0.3) is 0 Å². The Labute approximate surface area is 99.4 Å². The number of ether oxygens (including phenoxy) is 1. The molecule has 0 amide bonds. The summed E-state index contributed by atoms with van der Waals surface area (Å²) in [6, 6.07) is 3.63. The van der Waals surface area contributed by atoms with E-state index in [1.165, 1.54) is 25.3 Å². The van der Waals surface area contributed by atoms with E-state index >= 15 is 0 Å². The van der Waals surface area contributed by atoms with Gasteiger partial charge >= 0.3 is 0 Å². The van der Waals surface area contributed by atoms with Crippen molar-refractivity contribution in [3.8, 4) is 0 Å². The molecule has 5 heteroatoms. The zero-order chi connectivity index (χ0) is 12.9. The first-order chi connectivity index (χ1) is 8.05. The first kappa shape index (κ1) is 14.0. The maximum atomic E-state index is 13.6. The van der Waals surface area contributed by atoms with Crippen molar-refractivity contribution in [2.75, 3.05) is 26.9 Å². The largest absolute Gasteiger partial charge is 0.394 e. The zero-order valence-corrected chi connectivity index (χ0v) is 9.96. The van der Waals surface area contributed by atoms with Crippen molar-refractivity contribution >= 4 is 0 Å². The van der Waals surface area contributed by atoms with Crippen LogP contribution >= 0.6 is 0 Å². The molecule has 0 saturated heterocycles. The molecular formula is C12H17F2NO2. The molecule has 0 bridgehead atoms. The first-order valence-electron chi connectivity index (χ1n) is 5.34. The summed E-state index contributed by atoms with van der Waals surface area (Å²) in [5.74, 6) is -1.35. The second-order valence-electron chi connectivity index (χ2n) is 4.01. The average Bonchev–Trinajstić information content (AvgIpc) is 2.29. The molecule has 1 unspecified atom stereocenters. The van der Waals surface area contributed by atoms with Crippen molar-refractivity contribution in [2.45, 2.75) is 12.5 Å². The van der Waals surface area contributed by atoms with Gasteiger partial charge in [0, 0.05) is 19.2 Å². The van der Waals surface area contributed by atoms with Gasteiger partial charge in [-0.15, -0.1) is 0 Å². The highest BCUT2D eigenvalue weighted by Crippen LogP contribution is 2.25. The van der Waals surface area contributed by atoms with Crippen LogP contribution in [0.2, 0.25) is 0 Å². The highest BCUT2D eigenvalue weighted by atomic mass is 19.1. The molecule has 0 aliphatic carbocycles. The minimum absolute atomic E-state index is 0.154. The molecule has 0 saturated carbocycles. The third-order valence-electron chi connectivity index (χ3n) is 2.65. The SMILES string of the molecule is COCCNC(C)(CO)c1c(F)cccc1F. The van der Waals surface area contributed by atoms with Crippen LogP contribution in [0.3, 0.4) is 0 Å². The van der Waals surface area contributed by atoms with Crippen molar-refractivity contribution in [3.63, 3.8) is 0 Å². The molecule has 0 aliphatic heterocycles. The van der Waals surface area contributed by atoms with E-state index in [4.69, 9.17) is 4.74 Å². The number of benzene rings is 1. The van der Waals surface area contributed by atoms with Gasteiger partial charge in [-0.1, -0.05) is 6.07 Å². The molecule has 1 rings (SSSR count). The molecule has 1 aromatic carbocycles. The normalized spacial score (nSPS) is 14.6. The van der Waals surface area contributed by atoms with Crippen molar-refractivity contribution in [1.82, 2.24) is 5.32 Å². The number of halogens is 2. The van der Waals surface area contributed by atoms with Crippen LogP contribution in [0.4, 0.5) is 8.78 Å². The second-order valence-corrected chi connectivity index (χ2v) is 4.01. The number of aliphatic hydroxyl groups is 1. The third kappa shape index (κ3) is 3.21. The van der Waals surface area contributed by atoms with Gasteiger partial charge in [-0.2, -0.15) is 0 Å². The van der Waals surface area contributed by atoms with Crippen LogP contribution in [0.15, 0.2) is 18.2 Å². The van der Waals surface area contributed by atoms with Gasteiger partial charge in [0.1, 0.15) is 11.6 Å². The molecule has 0 heterocycles. The predicted molar refractivity (Wildman–Crippen MR) is 60.7 cm³/mol. The predicted octanol–water partition coefficient (Wildman–Crippen LogP) is 1.41. The van der Waals surface area contributed by atoms with Gasteiger partial charge < -0.3 is 15.2 Å². The lowest BCUT2D eigenvalue weighted by Gasteiger charge is -2.30. The number of hydrogen-bond donors (Lipinski definition) is 2. The van der Waals surface area contributed by atoms with Crippen LogP contribution in [-0.2, 0) is 10.3 Å². The minimum Gasteiger partial charge on any atom is -0.394 e. The highest BCUT2D eigenvalue weighted by molar-refractivity contribution is 5.27. The number of methoxy groups -OCH3 is 1. The second kappa shape index (κ2) is 6.05. The molecule has 0 spiro atoms. The average molecular weight is 245 g/mol. The Balaban J connectivity index is 2.98. The standard InChI is InChI=1S/C12H17F2NO2/c1-12(8-16,15-6-7-17-2)11-9(13)4-3-5-10(11)14/h3-5,15-16H,6-8H2,1-2H3. The summed E-state index contributed by atoms with van der Waals surface area (Å²) in [7, 11) is 1.53. The zero-order valence-electron chi connectivity index (χ0n) is 9.96. The first-order valence-corrected chi connectivity index (χ1v) is 5.34. The van der Waals surface area contributed by atoms with Crippen LogP contribution in [-0.4, -0.2) is 32.0 Å². The molecule has 1 aromatic rings. The van der Waals surface area contributed by atoms with E-state index in [1.54, 1.807) is 6.92 Å². The van der Waals surface area contributed by atoms with Crippen LogP contribution in [0.1, 0.15) is 12.5 Å². The van der Waals surface area contributed by atoms with Gasteiger partial charge in [-0.3, -0.25) is 0 Å². The van der Waals surface area contributed by atoms with Crippen molar-refractivity contribution in [1.29, 1.82) is 0 Å². The van der Waals surface area contributed by atoms with E-state index in [-0.39, 0.29) is 5.56 Å². The molecule has 0 aliphatic rings. The summed E-state index contributed by atoms with van der Waals surface area (Å²) in [6.45, 7) is 1.92. The fourth-order valence-corrected chi connectivity index (χ4v) is 1.68. The van der Waals surface area contributed by atoms with Crippen molar-refractivity contribution < 1.29 is 18.6 Å². The summed E-state index contributed by atoms with van der Waals surface area (Å²) < 4.78 is 32.1. The van der Waals surface area contributed by atoms with Crippen molar-refractivity contribution in [2.24, 2.45) is 0 Å². The minimum atomic E-state index is -1.16. The molecule has 0 radical (unpaired) electrons. The van der Waals surface area contributed by atoms with E-state index in [9.17, 15) is 13.9 Å². The molecule has 3 nitrogen and oxygen atoms in total. The maximum absolute atomic E-state index is 13.6. The topological polar surface area (TPSA) is 41.5 Å². The monoisotopic (exact) mass is 245 g/mol. The van der Waals surface area contributed by atoms with Crippen LogP contribution in [0.5, 0.6) is 0 Å². The summed E-state index contributed by atoms with van der Waals surface area (Å²) >= 11 is 0. The summed E-state index contributed by atoms with van der Waals surface area (Å²) in [5, 5.41) is 12.2. The quantitative estimate of drug-likeness (QED) is 0.745. The van der Waals surface area contributed by atoms with Gasteiger partial charge in [0.25, 0.3) is 0 Å². The lowest BCUT2D eigenvalue weighted by molar-refractivity contribution is 0.143. The van der Waals surface area contributed by atoms with E-state index < -0.39 is 23.8 Å². The maximum Gasteiger partial charge on any atom is 0.131 e. The molecule has 96 valence electrons. The van der Waals surface area contributed by atoms with Gasteiger partial charge in [-0.25, -0.2) is 8.78 Å².